The number of halogens is 3. The average Bonchev–Trinajstić information content (AvgIpc) is 2.85. The largest absolute Gasteiger partial charge is 0.433 e. The molecule has 1 aromatic carbocycles. The predicted molar refractivity (Wildman–Crippen MR) is 130 cm³/mol. The zero-order valence-corrected chi connectivity index (χ0v) is 20.2. The molecule has 190 valence electrons. The monoisotopic (exact) mass is 489 g/mol. The van der Waals surface area contributed by atoms with E-state index in [1.807, 2.05) is 17.9 Å². The van der Waals surface area contributed by atoms with Gasteiger partial charge >= 0.3 is 12.2 Å². The number of carbonyl (C=O) groups is 1. The molecular weight excluding hydrogens is 455 g/mol. The smallest absolute Gasteiger partial charge is 0.368 e. The second-order valence-corrected chi connectivity index (χ2v) is 9.61. The van der Waals surface area contributed by atoms with Crippen LogP contribution in [0.3, 0.4) is 0 Å². The van der Waals surface area contributed by atoms with E-state index in [0.717, 1.165) is 45.0 Å². The molecule has 6 nitrogen and oxygen atoms in total. The van der Waals surface area contributed by atoms with Crippen LogP contribution in [-0.2, 0) is 12.7 Å². The number of likely N-dealkylation sites (tertiary alicyclic amines) is 1. The molecule has 9 heteroatoms. The van der Waals surface area contributed by atoms with Crippen LogP contribution in [0, 0.1) is 5.92 Å². The average molecular weight is 490 g/mol. The van der Waals surface area contributed by atoms with E-state index in [4.69, 9.17) is 0 Å². The normalized spacial score (nSPS) is 20.2. The number of carbonyl (C=O) groups excluding carboxylic acids is 1. The molecule has 0 saturated carbocycles. The van der Waals surface area contributed by atoms with Crippen LogP contribution in [0.5, 0.6) is 0 Å². The minimum atomic E-state index is -4.47. The van der Waals surface area contributed by atoms with E-state index in [1.165, 1.54) is 11.8 Å². The molecule has 1 N–H and O–H groups in total. The van der Waals surface area contributed by atoms with E-state index < -0.39 is 11.9 Å². The van der Waals surface area contributed by atoms with Crippen molar-refractivity contribution in [2.45, 2.75) is 44.9 Å². The van der Waals surface area contributed by atoms with Gasteiger partial charge in [0.1, 0.15) is 5.69 Å². The quantitative estimate of drug-likeness (QED) is 0.643. The van der Waals surface area contributed by atoms with E-state index in [9.17, 15) is 18.0 Å². The summed E-state index contributed by atoms with van der Waals surface area (Å²) >= 11 is 0. The van der Waals surface area contributed by atoms with Crippen molar-refractivity contribution in [2.75, 3.05) is 44.2 Å². The minimum absolute atomic E-state index is 0.0932. The highest BCUT2D eigenvalue weighted by molar-refractivity contribution is 5.75. The fourth-order valence-electron chi connectivity index (χ4n) is 5.02. The van der Waals surface area contributed by atoms with Gasteiger partial charge in [0.05, 0.1) is 0 Å². The number of benzene rings is 1. The third-order valence-corrected chi connectivity index (χ3v) is 7.07. The molecule has 0 radical (unpaired) electrons. The number of rotatable bonds is 6. The van der Waals surface area contributed by atoms with Crippen LogP contribution in [0.4, 0.5) is 23.7 Å². The Kier molecular flexibility index (Phi) is 8.15. The molecular formula is C26H34F3N5O. The Morgan fingerprint density at radius 3 is 2.51 bits per heavy atom. The highest BCUT2D eigenvalue weighted by atomic mass is 19.4. The van der Waals surface area contributed by atoms with Gasteiger partial charge in [0.2, 0.25) is 0 Å². The van der Waals surface area contributed by atoms with Gasteiger partial charge in [-0.1, -0.05) is 30.3 Å². The SMILES string of the molecule is C[C@@H]1CN(c2ccnc(C(F)(F)F)c2)CCN1C(=O)NCCC1CCN(Cc2ccccc2)CC1. The van der Waals surface area contributed by atoms with E-state index in [2.05, 4.69) is 39.5 Å². The first kappa shape index (κ1) is 25.3. The summed E-state index contributed by atoms with van der Waals surface area (Å²) in [6.07, 6.45) is -0.0281. The Morgan fingerprint density at radius 1 is 1.09 bits per heavy atom. The number of nitrogens with one attached hydrogen (secondary N) is 1. The maximum Gasteiger partial charge on any atom is 0.433 e. The fourth-order valence-corrected chi connectivity index (χ4v) is 5.02. The first-order valence-corrected chi connectivity index (χ1v) is 12.4. The maximum absolute atomic E-state index is 13.0. The lowest BCUT2D eigenvalue weighted by atomic mass is 9.93. The number of hydrogen-bond donors (Lipinski definition) is 1. The number of urea groups is 1. The molecule has 3 heterocycles. The van der Waals surface area contributed by atoms with Gasteiger partial charge in [-0.25, -0.2) is 4.79 Å². The van der Waals surface area contributed by atoms with E-state index in [-0.39, 0.29) is 12.1 Å². The van der Waals surface area contributed by atoms with Crippen molar-refractivity contribution in [1.29, 1.82) is 0 Å². The number of piperidine rings is 1. The zero-order chi connectivity index (χ0) is 24.8. The molecule has 2 amide bonds. The van der Waals surface area contributed by atoms with Crippen LogP contribution in [0.1, 0.15) is 37.4 Å². The lowest BCUT2D eigenvalue weighted by Gasteiger charge is -2.41. The van der Waals surface area contributed by atoms with Crippen LogP contribution < -0.4 is 10.2 Å². The van der Waals surface area contributed by atoms with Crippen LogP contribution in [0.25, 0.3) is 0 Å². The number of alkyl halides is 3. The number of anilines is 1. The molecule has 0 aliphatic carbocycles. The summed E-state index contributed by atoms with van der Waals surface area (Å²) in [5.74, 6) is 0.617. The Hall–Kier alpha value is -2.81. The third-order valence-electron chi connectivity index (χ3n) is 7.07. The zero-order valence-electron chi connectivity index (χ0n) is 20.2. The highest BCUT2D eigenvalue weighted by Gasteiger charge is 2.34. The maximum atomic E-state index is 13.0. The van der Waals surface area contributed by atoms with Crippen LogP contribution in [-0.4, -0.2) is 66.1 Å². The molecule has 2 saturated heterocycles. The second kappa shape index (κ2) is 11.3. The van der Waals surface area contributed by atoms with Crippen LogP contribution in [0.15, 0.2) is 48.7 Å². The molecule has 2 aliphatic heterocycles. The number of hydrogen-bond acceptors (Lipinski definition) is 4. The summed E-state index contributed by atoms with van der Waals surface area (Å²) < 4.78 is 39.0. The molecule has 2 aliphatic rings. The fraction of sp³-hybridized carbons (Fsp3) is 0.538. The van der Waals surface area contributed by atoms with Gasteiger partial charge in [-0.2, -0.15) is 13.2 Å². The topological polar surface area (TPSA) is 51.7 Å². The molecule has 0 bridgehead atoms. The van der Waals surface area contributed by atoms with Gasteiger partial charge in [-0.15, -0.1) is 0 Å². The van der Waals surface area contributed by atoms with Crippen molar-refractivity contribution in [3.63, 3.8) is 0 Å². The molecule has 1 atom stereocenters. The van der Waals surface area contributed by atoms with Gasteiger partial charge in [0, 0.05) is 50.6 Å². The summed E-state index contributed by atoms with van der Waals surface area (Å²) in [5.41, 5.74) is 0.934. The number of piperazine rings is 1. The lowest BCUT2D eigenvalue weighted by molar-refractivity contribution is -0.141. The highest BCUT2D eigenvalue weighted by Crippen LogP contribution is 2.30. The van der Waals surface area contributed by atoms with Crippen molar-refractivity contribution in [1.82, 2.24) is 20.1 Å². The van der Waals surface area contributed by atoms with E-state index in [0.29, 0.717) is 37.8 Å². The van der Waals surface area contributed by atoms with Crippen molar-refractivity contribution in [3.05, 3.63) is 59.9 Å². The predicted octanol–water partition coefficient (Wildman–Crippen LogP) is 4.62. The standard InChI is InChI=1S/C26H34F3N5O/c1-20-18-33(23-8-12-30-24(17-23)26(27,28)29)15-16-34(20)25(35)31-11-7-21-9-13-32(14-10-21)19-22-5-3-2-4-6-22/h2-6,8,12,17,20-21H,7,9-11,13-16,18-19H2,1H3,(H,31,35)/t20-/m1/s1. The molecule has 2 aromatic rings. The Morgan fingerprint density at radius 2 is 1.83 bits per heavy atom. The first-order chi connectivity index (χ1) is 16.8. The van der Waals surface area contributed by atoms with Gasteiger partial charge in [0.15, 0.2) is 0 Å². The molecule has 0 spiro atoms. The summed E-state index contributed by atoms with van der Waals surface area (Å²) in [7, 11) is 0. The summed E-state index contributed by atoms with van der Waals surface area (Å²) in [4.78, 5) is 22.4. The number of nitrogens with zero attached hydrogens (tertiary/aromatic N) is 4. The molecule has 2 fully saturated rings. The van der Waals surface area contributed by atoms with Crippen LogP contribution in [0.2, 0.25) is 0 Å². The van der Waals surface area contributed by atoms with Crippen molar-refractivity contribution < 1.29 is 18.0 Å². The minimum Gasteiger partial charge on any atom is -0.368 e. The Labute approximate surface area is 205 Å². The molecule has 4 rings (SSSR count). The van der Waals surface area contributed by atoms with Crippen molar-refractivity contribution >= 4 is 11.7 Å². The van der Waals surface area contributed by atoms with Crippen molar-refractivity contribution in [2.24, 2.45) is 5.92 Å². The van der Waals surface area contributed by atoms with Crippen molar-refractivity contribution in [3.8, 4) is 0 Å². The van der Waals surface area contributed by atoms with E-state index >= 15 is 0 Å². The summed E-state index contributed by atoms with van der Waals surface area (Å²) in [6, 6.07) is 13.0. The van der Waals surface area contributed by atoms with Gasteiger partial charge < -0.3 is 15.1 Å². The molecule has 35 heavy (non-hydrogen) atoms. The Balaban J connectivity index is 1.17. The molecule has 1 aromatic heterocycles. The lowest BCUT2D eigenvalue weighted by Crippen LogP contribution is -2.56. The van der Waals surface area contributed by atoms with Crippen LogP contribution >= 0.6 is 0 Å². The number of aromatic nitrogens is 1. The van der Waals surface area contributed by atoms with Gasteiger partial charge in [-0.05, 0) is 62.9 Å². The van der Waals surface area contributed by atoms with E-state index in [1.54, 1.807) is 11.0 Å². The summed E-state index contributed by atoms with van der Waals surface area (Å²) in [6.45, 7) is 7.16. The Bertz CT molecular complexity index is 963. The summed E-state index contributed by atoms with van der Waals surface area (Å²) in [5, 5.41) is 3.06. The first-order valence-electron chi connectivity index (χ1n) is 12.4. The number of pyridine rings is 1. The van der Waals surface area contributed by atoms with Gasteiger partial charge in [0.25, 0.3) is 0 Å². The van der Waals surface area contributed by atoms with Gasteiger partial charge in [-0.3, -0.25) is 9.88 Å². The second-order valence-electron chi connectivity index (χ2n) is 9.61. The number of amides is 2. The third kappa shape index (κ3) is 6.87. The molecule has 0 unspecified atom stereocenters.